The molecule has 0 spiro atoms. The average molecular weight is 414 g/mol. The van der Waals surface area contributed by atoms with Gasteiger partial charge in [0.25, 0.3) is 5.91 Å². The van der Waals surface area contributed by atoms with Crippen molar-refractivity contribution in [1.29, 1.82) is 0 Å². The Bertz CT molecular complexity index is 864. The van der Waals surface area contributed by atoms with Crippen molar-refractivity contribution in [2.75, 3.05) is 19.4 Å². The lowest BCUT2D eigenvalue weighted by Crippen LogP contribution is -2.34. The van der Waals surface area contributed by atoms with E-state index >= 15 is 0 Å². The maximum atomic E-state index is 12.4. The van der Waals surface area contributed by atoms with Gasteiger partial charge in [-0.3, -0.25) is 14.9 Å². The summed E-state index contributed by atoms with van der Waals surface area (Å²) in [4.78, 5) is 25.7. The van der Waals surface area contributed by atoms with Crippen LogP contribution in [0.1, 0.15) is 36.2 Å². The molecule has 0 saturated heterocycles. The molecule has 6 nitrogen and oxygen atoms in total. The second-order valence-corrected chi connectivity index (χ2v) is 7.50. The molecule has 2 aromatic rings. The summed E-state index contributed by atoms with van der Waals surface area (Å²) >= 11 is 5.24. The number of rotatable bonds is 7. The van der Waals surface area contributed by atoms with Crippen LogP contribution in [0.3, 0.4) is 0 Å². The molecule has 2 amide bonds. The Kier molecular flexibility index (Phi) is 8.15. The van der Waals surface area contributed by atoms with Crippen molar-refractivity contribution in [3.05, 3.63) is 59.7 Å². The van der Waals surface area contributed by atoms with E-state index in [1.807, 2.05) is 38.1 Å². The number of carbonyl (C=O) groups excluding carboxylic acids is 2. The number of nitrogens with zero attached hydrogens (tertiary/aromatic N) is 1. The lowest BCUT2D eigenvalue weighted by atomic mass is 10.1. The predicted molar refractivity (Wildman–Crippen MR) is 119 cm³/mol. The van der Waals surface area contributed by atoms with E-state index in [2.05, 4.69) is 10.6 Å². The van der Waals surface area contributed by atoms with Gasteiger partial charge >= 0.3 is 0 Å². The fourth-order valence-corrected chi connectivity index (χ4v) is 2.76. The topological polar surface area (TPSA) is 70.7 Å². The fourth-order valence-electron chi connectivity index (χ4n) is 2.55. The molecule has 2 aromatic carbocycles. The van der Waals surface area contributed by atoms with Gasteiger partial charge in [-0.2, -0.15) is 0 Å². The minimum atomic E-state index is -0.310. The first-order chi connectivity index (χ1) is 13.7. The fraction of sp³-hybridized carbons (Fsp3) is 0.318. The minimum absolute atomic E-state index is 0.0278. The summed E-state index contributed by atoms with van der Waals surface area (Å²) in [6, 6.07) is 14.6. The van der Waals surface area contributed by atoms with E-state index in [1.165, 1.54) is 0 Å². The number of aryl methyl sites for hydroxylation is 1. The second kappa shape index (κ2) is 10.6. The number of thiocarbonyl (C=S) groups is 1. The summed E-state index contributed by atoms with van der Waals surface area (Å²) in [6.45, 7) is 3.86. The first-order valence-electron chi connectivity index (χ1n) is 9.42. The summed E-state index contributed by atoms with van der Waals surface area (Å²) < 4.78 is 5.61. The minimum Gasteiger partial charge on any atom is -0.491 e. The van der Waals surface area contributed by atoms with Crippen LogP contribution in [-0.4, -0.2) is 42.0 Å². The SMILES string of the molecule is CC(C)Oc1cccc(C(=O)NC(=S)Nc2ccc(CCC(=O)N(C)C)cc2)c1. The molecule has 2 rings (SSSR count). The number of carbonyl (C=O) groups is 2. The van der Waals surface area contributed by atoms with Crippen LogP contribution in [0.2, 0.25) is 0 Å². The van der Waals surface area contributed by atoms with E-state index in [0.717, 1.165) is 11.3 Å². The molecule has 0 atom stereocenters. The lowest BCUT2D eigenvalue weighted by molar-refractivity contribution is -0.128. The Morgan fingerprint density at radius 1 is 1.10 bits per heavy atom. The molecule has 29 heavy (non-hydrogen) atoms. The van der Waals surface area contributed by atoms with Crippen LogP contribution in [0.15, 0.2) is 48.5 Å². The van der Waals surface area contributed by atoms with Crippen LogP contribution in [-0.2, 0) is 11.2 Å². The summed E-state index contributed by atoms with van der Waals surface area (Å²) in [5.41, 5.74) is 2.28. The predicted octanol–water partition coefficient (Wildman–Crippen LogP) is 3.62. The molecule has 0 aliphatic heterocycles. The van der Waals surface area contributed by atoms with Crippen molar-refractivity contribution in [3.63, 3.8) is 0 Å². The van der Waals surface area contributed by atoms with Crippen LogP contribution < -0.4 is 15.4 Å². The number of hydrogen-bond donors (Lipinski definition) is 2. The molecule has 0 aromatic heterocycles. The highest BCUT2D eigenvalue weighted by Gasteiger charge is 2.10. The number of anilines is 1. The first-order valence-corrected chi connectivity index (χ1v) is 9.83. The zero-order valence-corrected chi connectivity index (χ0v) is 18.0. The van der Waals surface area contributed by atoms with Gasteiger partial charge in [-0.25, -0.2) is 0 Å². The van der Waals surface area contributed by atoms with Gasteiger partial charge in [-0.05, 0) is 68.4 Å². The monoisotopic (exact) mass is 413 g/mol. The number of nitrogens with one attached hydrogen (secondary N) is 2. The van der Waals surface area contributed by atoms with Gasteiger partial charge in [0.2, 0.25) is 5.91 Å². The molecule has 0 heterocycles. The first kappa shape index (κ1) is 22.4. The van der Waals surface area contributed by atoms with Gasteiger partial charge in [-0.1, -0.05) is 18.2 Å². The molecule has 0 fully saturated rings. The van der Waals surface area contributed by atoms with E-state index in [-0.39, 0.29) is 23.0 Å². The van der Waals surface area contributed by atoms with Crippen molar-refractivity contribution in [1.82, 2.24) is 10.2 Å². The van der Waals surface area contributed by atoms with Crippen molar-refractivity contribution in [3.8, 4) is 5.75 Å². The third kappa shape index (κ3) is 7.54. The highest BCUT2D eigenvalue weighted by atomic mass is 32.1. The van der Waals surface area contributed by atoms with Crippen LogP contribution in [0.4, 0.5) is 5.69 Å². The Morgan fingerprint density at radius 3 is 2.41 bits per heavy atom. The van der Waals surface area contributed by atoms with Crippen LogP contribution in [0.25, 0.3) is 0 Å². The summed E-state index contributed by atoms with van der Waals surface area (Å²) in [7, 11) is 3.50. The quantitative estimate of drug-likeness (QED) is 0.679. The van der Waals surface area contributed by atoms with Crippen molar-refractivity contribution in [2.45, 2.75) is 32.8 Å². The maximum absolute atomic E-state index is 12.4. The van der Waals surface area contributed by atoms with Gasteiger partial charge in [0.1, 0.15) is 5.75 Å². The molecule has 154 valence electrons. The second-order valence-electron chi connectivity index (χ2n) is 7.09. The van der Waals surface area contributed by atoms with E-state index in [4.69, 9.17) is 17.0 Å². The molecule has 0 bridgehead atoms. The number of amides is 2. The smallest absolute Gasteiger partial charge is 0.257 e. The highest BCUT2D eigenvalue weighted by Crippen LogP contribution is 2.15. The molecule has 0 aliphatic carbocycles. The van der Waals surface area contributed by atoms with E-state index < -0.39 is 0 Å². The molecular weight excluding hydrogens is 386 g/mol. The molecule has 0 saturated carbocycles. The molecular formula is C22H27N3O3S. The Labute approximate surface area is 177 Å². The number of hydrogen-bond acceptors (Lipinski definition) is 4. The standard InChI is InChI=1S/C22H27N3O3S/c1-15(2)28-19-7-5-6-17(14-19)21(27)24-22(29)23-18-11-8-16(9-12-18)10-13-20(26)25(3)4/h5-9,11-12,14-15H,10,13H2,1-4H3,(H2,23,24,27,29). The Hall–Kier alpha value is -2.93. The number of benzene rings is 2. The Balaban J connectivity index is 1.88. The summed E-state index contributed by atoms with van der Waals surface area (Å²) in [5.74, 6) is 0.421. The van der Waals surface area contributed by atoms with Gasteiger partial charge < -0.3 is 15.0 Å². The molecule has 7 heteroatoms. The molecule has 2 N–H and O–H groups in total. The lowest BCUT2D eigenvalue weighted by Gasteiger charge is -2.13. The van der Waals surface area contributed by atoms with E-state index in [1.54, 1.807) is 43.3 Å². The van der Waals surface area contributed by atoms with Crippen LogP contribution >= 0.6 is 12.2 Å². The molecule has 0 unspecified atom stereocenters. The summed E-state index contributed by atoms with van der Waals surface area (Å²) in [5, 5.41) is 5.87. The average Bonchev–Trinajstić information content (AvgIpc) is 2.66. The third-order valence-corrected chi connectivity index (χ3v) is 4.24. The van der Waals surface area contributed by atoms with Gasteiger partial charge in [0, 0.05) is 31.8 Å². The van der Waals surface area contributed by atoms with E-state index in [0.29, 0.717) is 24.2 Å². The Morgan fingerprint density at radius 2 is 1.79 bits per heavy atom. The van der Waals surface area contributed by atoms with E-state index in [9.17, 15) is 9.59 Å². The number of ether oxygens (including phenoxy) is 1. The van der Waals surface area contributed by atoms with Crippen molar-refractivity contribution in [2.24, 2.45) is 0 Å². The van der Waals surface area contributed by atoms with Gasteiger partial charge in [0.05, 0.1) is 6.10 Å². The largest absolute Gasteiger partial charge is 0.491 e. The molecule has 0 aliphatic rings. The summed E-state index contributed by atoms with van der Waals surface area (Å²) in [6.07, 6.45) is 1.17. The van der Waals surface area contributed by atoms with Crippen molar-refractivity contribution >= 4 is 34.8 Å². The van der Waals surface area contributed by atoms with Gasteiger partial charge in [-0.15, -0.1) is 0 Å². The molecule has 0 radical (unpaired) electrons. The van der Waals surface area contributed by atoms with Gasteiger partial charge in [0.15, 0.2) is 5.11 Å². The van der Waals surface area contributed by atoms with Crippen molar-refractivity contribution < 1.29 is 14.3 Å². The third-order valence-electron chi connectivity index (χ3n) is 4.03. The zero-order valence-electron chi connectivity index (χ0n) is 17.2. The maximum Gasteiger partial charge on any atom is 0.257 e. The highest BCUT2D eigenvalue weighted by molar-refractivity contribution is 7.80. The zero-order chi connectivity index (χ0) is 21.4. The van der Waals surface area contributed by atoms with Crippen LogP contribution in [0.5, 0.6) is 5.75 Å². The van der Waals surface area contributed by atoms with Crippen LogP contribution in [0, 0.1) is 0 Å². The normalized spacial score (nSPS) is 10.4.